The van der Waals surface area contributed by atoms with Crippen LogP contribution in [0.5, 0.6) is 0 Å². The molecule has 0 N–H and O–H groups in total. The van der Waals surface area contributed by atoms with E-state index in [9.17, 15) is 0 Å². The fraction of sp³-hybridized carbons (Fsp3) is 0. The highest BCUT2D eigenvalue weighted by molar-refractivity contribution is 6.16. The van der Waals surface area contributed by atoms with Gasteiger partial charge in [-0.2, -0.15) is 9.97 Å². The summed E-state index contributed by atoms with van der Waals surface area (Å²) in [5, 5.41) is 2.29. The number of hydrogen-bond acceptors (Lipinski definition) is 3. The van der Waals surface area contributed by atoms with Crippen LogP contribution in [0.15, 0.2) is 206 Å². The predicted molar refractivity (Wildman–Crippen MR) is 227 cm³/mol. The van der Waals surface area contributed by atoms with Gasteiger partial charge in [0.15, 0.2) is 11.6 Å². The summed E-state index contributed by atoms with van der Waals surface area (Å²) in [6, 6.07) is 72.3. The average Bonchev–Trinajstić information content (AvgIpc) is 3.61. The quantitative estimate of drug-likeness (QED) is 0.166. The largest absolute Gasteiger partial charge is 0.278 e. The van der Waals surface area contributed by atoms with E-state index in [1.54, 1.807) is 0 Å². The molecule has 8 aromatic carbocycles. The second-order valence-corrected chi connectivity index (χ2v) is 13.7. The number of hydrogen-bond donors (Lipinski definition) is 0. The van der Waals surface area contributed by atoms with Crippen molar-refractivity contribution in [3.8, 4) is 73.2 Å². The van der Waals surface area contributed by atoms with Gasteiger partial charge in [-0.25, -0.2) is 4.98 Å². The molecular weight excluding hydrogens is 669 g/mol. The van der Waals surface area contributed by atoms with E-state index in [0.717, 1.165) is 66.3 Å². The zero-order valence-corrected chi connectivity index (χ0v) is 29.9. The smallest absolute Gasteiger partial charge is 0.238 e. The van der Waals surface area contributed by atoms with Crippen molar-refractivity contribution in [2.75, 3.05) is 0 Å². The Kier molecular flexibility index (Phi) is 8.12. The molecule has 0 fully saturated rings. The molecule has 0 spiro atoms. The zero-order valence-electron chi connectivity index (χ0n) is 29.9. The number of benzene rings is 8. The summed E-state index contributed by atoms with van der Waals surface area (Å²) < 4.78 is 2.22. The van der Waals surface area contributed by atoms with Crippen molar-refractivity contribution in [3.05, 3.63) is 206 Å². The second-order valence-electron chi connectivity index (χ2n) is 13.7. The van der Waals surface area contributed by atoms with Gasteiger partial charge in [-0.1, -0.05) is 176 Å². The number of aromatic nitrogens is 4. The number of rotatable bonds is 7. The first-order valence-corrected chi connectivity index (χ1v) is 18.5. The van der Waals surface area contributed by atoms with Crippen molar-refractivity contribution in [3.63, 3.8) is 0 Å². The topological polar surface area (TPSA) is 43.6 Å². The summed E-state index contributed by atoms with van der Waals surface area (Å²) in [6.07, 6.45) is 0. The van der Waals surface area contributed by atoms with Gasteiger partial charge in [0.05, 0.1) is 11.0 Å². The van der Waals surface area contributed by atoms with E-state index in [1.165, 1.54) is 11.1 Å². The first-order valence-electron chi connectivity index (χ1n) is 18.5. The van der Waals surface area contributed by atoms with E-state index in [4.69, 9.17) is 15.0 Å². The summed E-state index contributed by atoms with van der Waals surface area (Å²) in [5.41, 5.74) is 13.1. The van der Waals surface area contributed by atoms with Crippen LogP contribution in [0.3, 0.4) is 0 Å². The molecule has 0 atom stereocenters. The highest BCUT2D eigenvalue weighted by Crippen LogP contribution is 2.42. The molecule has 0 saturated carbocycles. The van der Waals surface area contributed by atoms with Crippen molar-refractivity contribution in [1.29, 1.82) is 0 Å². The first kappa shape index (κ1) is 32.2. The zero-order chi connectivity index (χ0) is 36.6. The van der Waals surface area contributed by atoms with Crippen LogP contribution >= 0.6 is 0 Å². The van der Waals surface area contributed by atoms with Gasteiger partial charge in [0.1, 0.15) is 0 Å². The second kappa shape index (κ2) is 13.8. The highest BCUT2D eigenvalue weighted by Gasteiger charge is 2.21. The van der Waals surface area contributed by atoms with E-state index < -0.39 is 0 Å². The standard InChI is InChI=1S/C51H34N4/c1-5-17-35(18-6-1)39-25-15-27-41(31-39)43-33-45(37-21-9-3-10-22-37)48-44-29-13-14-30-46(44)55(47(48)34-43)51-53-49(38-23-11-4-12-24-38)52-50(54-51)42-28-16-26-40(32-42)36-19-7-2-8-20-36/h1-34H. The molecular formula is C51H34N4. The molecule has 0 amide bonds. The highest BCUT2D eigenvalue weighted by atomic mass is 15.2. The molecule has 55 heavy (non-hydrogen) atoms. The number of para-hydroxylation sites is 1. The van der Waals surface area contributed by atoms with Gasteiger partial charge >= 0.3 is 0 Å². The third-order valence-electron chi connectivity index (χ3n) is 10.2. The molecule has 0 aliphatic carbocycles. The van der Waals surface area contributed by atoms with E-state index in [0.29, 0.717) is 17.6 Å². The summed E-state index contributed by atoms with van der Waals surface area (Å²) >= 11 is 0. The molecule has 10 aromatic rings. The third-order valence-corrected chi connectivity index (χ3v) is 10.2. The lowest BCUT2D eigenvalue weighted by molar-refractivity contribution is 0.953. The fourth-order valence-electron chi connectivity index (χ4n) is 7.61. The van der Waals surface area contributed by atoms with Crippen molar-refractivity contribution in [2.45, 2.75) is 0 Å². The van der Waals surface area contributed by atoms with Crippen molar-refractivity contribution in [1.82, 2.24) is 19.5 Å². The van der Waals surface area contributed by atoms with Crippen LogP contribution in [0.25, 0.3) is 95.0 Å². The maximum absolute atomic E-state index is 5.31. The van der Waals surface area contributed by atoms with Crippen molar-refractivity contribution < 1.29 is 0 Å². The van der Waals surface area contributed by atoms with Gasteiger partial charge in [-0.05, 0) is 74.8 Å². The van der Waals surface area contributed by atoms with Crippen molar-refractivity contribution >= 4 is 21.8 Å². The Labute approximate surface area is 319 Å². The molecule has 4 nitrogen and oxygen atoms in total. The molecule has 4 heteroatoms. The number of fused-ring (bicyclic) bond motifs is 3. The SMILES string of the molecule is c1ccc(-c2cccc(-c3cc(-c4ccccc4)c4c5ccccc5n(-c5nc(-c6ccccc6)nc(-c6cccc(-c7ccccc7)c6)n5)c4c3)c2)cc1. The molecule has 0 unspecified atom stereocenters. The van der Waals surface area contributed by atoms with Crippen LogP contribution in [-0.2, 0) is 0 Å². The molecule has 0 bridgehead atoms. The van der Waals surface area contributed by atoms with Crippen LogP contribution in [0.2, 0.25) is 0 Å². The van der Waals surface area contributed by atoms with Crippen LogP contribution in [-0.4, -0.2) is 19.5 Å². The minimum Gasteiger partial charge on any atom is -0.278 e. The maximum Gasteiger partial charge on any atom is 0.238 e. The van der Waals surface area contributed by atoms with Crippen molar-refractivity contribution in [2.24, 2.45) is 0 Å². The van der Waals surface area contributed by atoms with Crippen LogP contribution in [0, 0.1) is 0 Å². The van der Waals surface area contributed by atoms with Gasteiger partial charge in [-0.3, -0.25) is 4.57 Å². The van der Waals surface area contributed by atoms with Crippen LogP contribution in [0.4, 0.5) is 0 Å². The molecule has 2 heterocycles. The van der Waals surface area contributed by atoms with Crippen LogP contribution < -0.4 is 0 Å². The summed E-state index contributed by atoms with van der Waals surface area (Å²) in [6.45, 7) is 0. The molecule has 2 aromatic heterocycles. The van der Waals surface area contributed by atoms with E-state index in [1.807, 2.05) is 24.3 Å². The minimum absolute atomic E-state index is 0.564. The molecule has 0 radical (unpaired) electrons. The van der Waals surface area contributed by atoms with Gasteiger partial charge in [-0.15, -0.1) is 0 Å². The Morgan fingerprint density at radius 1 is 0.291 bits per heavy atom. The van der Waals surface area contributed by atoms with E-state index in [-0.39, 0.29) is 0 Å². The third kappa shape index (κ3) is 6.06. The number of nitrogens with zero attached hydrogens (tertiary/aromatic N) is 4. The average molecular weight is 703 g/mol. The summed E-state index contributed by atoms with van der Waals surface area (Å²) in [7, 11) is 0. The normalized spacial score (nSPS) is 11.3. The Balaban J connectivity index is 1.26. The van der Waals surface area contributed by atoms with Crippen LogP contribution in [0.1, 0.15) is 0 Å². The Hall–Kier alpha value is -7.43. The Bertz CT molecular complexity index is 2950. The lowest BCUT2D eigenvalue weighted by atomic mass is 9.93. The predicted octanol–water partition coefficient (Wildman–Crippen LogP) is 13.0. The van der Waals surface area contributed by atoms with Gasteiger partial charge in [0.25, 0.3) is 0 Å². The van der Waals surface area contributed by atoms with E-state index in [2.05, 4.69) is 187 Å². The summed E-state index contributed by atoms with van der Waals surface area (Å²) in [4.78, 5) is 15.7. The monoisotopic (exact) mass is 702 g/mol. The molecule has 258 valence electrons. The minimum atomic E-state index is 0.564. The molecule has 10 rings (SSSR count). The Morgan fingerprint density at radius 2 is 0.745 bits per heavy atom. The first-order chi connectivity index (χ1) is 27.3. The fourth-order valence-corrected chi connectivity index (χ4v) is 7.61. The van der Waals surface area contributed by atoms with Gasteiger partial charge in [0.2, 0.25) is 5.95 Å². The van der Waals surface area contributed by atoms with E-state index >= 15 is 0 Å². The van der Waals surface area contributed by atoms with Gasteiger partial charge in [0, 0.05) is 21.9 Å². The maximum atomic E-state index is 5.31. The summed E-state index contributed by atoms with van der Waals surface area (Å²) in [5.74, 6) is 1.79. The molecule has 0 aliphatic rings. The molecule has 0 saturated heterocycles. The molecule has 0 aliphatic heterocycles. The Morgan fingerprint density at radius 3 is 1.36 bits per heavy atom. The lowest BCUT2D eigenvalue weighted by Crippen LogP contribution is -2.06. The lowest BCUT2D eigenvalue weighted by Gasteiger charge is -2.14. The van der Waals surface area contributed by atoms with Gasteiger partial charge < -0.3 is 0 Å².